The van der Waals surface area contributed by atoms with Gasteiger partial charge in [0, 0.05) is 15.8 Å². The molecule has 2 aromatic carbocycles. The summed E-state index contributed by atoms with van der Waals surface area (Å²) in [5, 5.41) is 6.81. The number of carbonyl (C=O) groups is 2. The topological polar surface area (TPSA) is 79.8 Å². The van der Waals surface area contributed by atoms with Crippen molar-refractivity contribution >= 4 is 45.7 Å². The molecule has 0 radical (unpaired) electrons. The van der Waals surface area contributed by atoms with Crippen LogP contribution >= 0.6 is 27.7 Å². The molecule has 2 rings (SSSR count). The summed E-state index contributed by atoms with van der Waals surface area (Å²) in [6, 6.07) is 15.0. The van der Waals surface area contributed by atoms with E-state index in [1.54, 1.807) is 30.5 Å². The summed E-state index contributed by atoms with van der Waals surface area (Å²) >= 11 is 5.02. The van der Waals surface area contributed by atoms with Crippen LogP contribution in [0.2, 0.25) is 0 Å². The van der Waals surface area contributed by atoms with E-state index in [0.717, 1.165) is 21.4 Å². The minimum atomic E-state index is -0.290. The molecule has 2 N–H and O–H groups in total. The molecule has 0 bridgehead atoms. The number of hydrogen-bond donors (Lipinski definition) is 2. The van der Waals surface area contributed by atoms with Crippen molar-refractivity contribution in [2.24, 2.45) is 5.10 Å². The second kappa shape index (κ2) is 11.8. The van der Waals surface area contributed by atoms with Crippen LogP contribution < -0.4 is 15.5 Å². The van der Waals surface area contributed by atoms with E-state index in [4.69, 9.17) is 4.74 Å². The Bertz CT molecular complexity index is 880. The van der Waals surface area contributed by atoms with Crippen LogP contribution in [-0.4, -0.2) is 35.9 Å². The van der Waals surface area contributed by atoms with Crippen molar-refractivity contribution in [2.75, 3.05) is 12.4 Å². The van der Waals surface area contributed by atoms with Crippen LogP contribution in [0.25, 0.3) is 0 Å². The average molecular weight is 492 g/mol. The van der Waals surface area contributed by atoms with Crippen molar-refractivity contribution in [1.29, 1.82) is 0 Å². The van der Waals surface area contributed by atoms with Gasteiger partial charge in [-0.25, -0.2) is 5.43 Å². The highest BCUT2D eigenvalue weighted by atomic mass is 79.9. The van der Waals surface area contributed by atoms with E-state index < -0.39 is 0 Å². The molecule has 0 saturated heterocycles. The van der Waals surface area contributed by atoms with E-state index in [0.29, 0.717) is 11.5 Å². The van der Waals surface area contributed by atoms with Crippen molar-refractivity contribution in [3.8, 4) is 5.75 Å². The lowest BCUT2D eigenvalue weighted by Gasteiger charge is -2.20. The van der Waals surface area contributed by atoms with Gasteiger partial charge in [0.05, 0.1) is 12.0 Å². The van der Waals surface area contributed by atoms with Crippen molar-refractivity contribution in [3.63, 3.8) is 0 Å². The highest BCUT2D eigenvalue weighted by Gasteiger charge is 2.13. The molecule has 0 saturated carbocycles. The van der Waals surface area contributed by atoms with Crippen LogP contribution in [0.4, 0.5) is 0 Å². The maximum absolute atomic E-state index is 11.9. The number of rotatable bonds is 9. The molecule has 160 valence electrons. The Kier molecular flexibility index (Phi) is 9.39. The Morgan fingerprint density at radius 1 is 1.10 bits per heavy atom. The Labute approximate surface area is 190 Å². The molecule has 0 heterocycles. The van der Waals surface area contributed by atoms with Crippen LogP contribution in [0.5, 0.6) is 5.75 Å². The lowest BCUT2D eigenvalue weighted by atomic mass is 10.1. The van der Waals surface area contributed by atoms with Gasteiger partial charge in [0.15, 0.2) is 6.61 Å². The summed E-state index contributed by atoms with van der Waals surface area (Å²) in [5.74, 6) is 1.32. The number of hydrogen-bond acceptors (Lipinski definition) is 5. The number of benzene rings is 2. The van der Waals surface area contributed by atoms with Gasteiger partial charge in [0.25, 0.3) is 5.91 Å². The molecule has 0 unspecified atom stereocenters. The molecular weight excluding hydrogens is 466 g/mol. The van der Waals surface area contributed by atoms with Gasteiger partial charge in [-0.1, -0.05) is 34.1 Å². The standard InChI is InChI=1S/C22H26BrN3O3S/c1-22(2,3)25-20(27)13-29-18-10-8-16(9-11-18)12-24-26-21(28)15-30-14-17-6-4-5-7-19(17)23/h4-12H,13-15H2,1-3H3,(H,25,27)(H,26,28)/b24-12-. The summed E-state index contributed by atoms with van der Waals surface area (Å²) in [6.45, 7) is 5.70. The van der Waals surface area contributed by atoms with Gasteiger partial charge in [0.1, 0.15) is 5.75 Å². The summed E-state index contributed by atoms with van der Waals surface area (Å²) in [5.41, 5.74) is 4.19. The minimum absolute atomic E-state index is 0.0437. The van der Waals surface area contributed by atoms with Crippen LogP contribution in [0.3, 0.4) is 0 Å². The molecule has 0 aliphatic rings. The number of halogens is 1. The van der Waals surface area contributed by atoms with Crippen molar-refractivity contribution in [3.05, 3.63) is 64.1 Å². The monoisotopic (exact) mass is 491 g/mol. The largest absolute Gasteiger partial charge is 0.484 e. The number of ether oxygens (including phenoxy) is 1. The van der Waals surface area contributed by atoms with Crippen molar-refractivity contribution in [2.45, 2.75) is 32.1 Å². The van der Waals surface area contributed by atoms with E-state index in [9.17, 15) is 9.59 Å². The highest BCUT2D eigenvalue weighted by molar-refractivity contribution is 9.10. The number of hydrazone groups is 1. The van der Waals surface area contributed by atoms with Crippen LogP contribution in [-0.2, 0) is 15.3 Å². The molecule has 8 heteroatoms. The number of amides is 2. The summed E-state index contributed by atoms with van der Waals surface area (Å²) in [6.07, 6.45) is 1.56. The summed E-state index contributed by atoms with van der Waals surface area (Å²) in [7, 11) is 0. The minimum Gasteiger partial charge on any atom is -0.484 e. The lowest BCUT2D eigenvalue weighted by Crippen LogP contribution is -2.43. The van der Waals surface area contributed by atoms with Gasteiger partial charge in [-0.3, -0.25) is 9.59 Å². The zero-order chi connectivity index (χ0) is 22.0. The van der Waals surface area contributed by atoms with E-state index in [-0.39, 0.29) is 24.0 Å². The molecule has 0 aliphatic heterocycles. The second-order valence-electron chi connectivity index (χ2n) is 7.53. The molecular formula is C22H26BrN3O3S. The van der Waals surface area contributed by atoms with Gasteiger partial charge < -0.3 is 10.1 Å². The fourth-order valence-electron chi connectivity index (χ4n) is 2.33. The second-order valence-corrected chi connectivity index (χ2v) is 9.37. The molecule has 2 amide bonds. The zero-order valence-corrected chi connectivity index (χ0v) is 19.7. The fourth-order valence-corrected chi connectivity index (χ4v) is 3.77. The van der Waals surface area contributed by atoms with E-state index in [1.807, 2.05) is 45.0 Å². The number of nitrogens with one attached hydrogen (secondary N) is 2. The van der Waals surface area contributed by atoms with Crippen LogP contribution in [0, 0.1) is 0 Å². The lowest BCUT2D eigenvalue weighted by molar-refractivity contribution is -0.124. The third kappa shape index (κ3) is 9.45. The number of nitrogens with zero attached hydrogens (tertiary/aromatic N) is 1. The third-order valence-corrected chi connectivity index (χ3v) is 5.37. The fraction of sp³-hybridized carbons (Fsp3) is 0.318. The smallest absolute Gasteiger partial charge is 0.258 e. The Hall–Kier alpha value is -2.32. The molecule has 30 heavy (non-hydrogen) atoms. The van der Waals surface area contributed by atoms with E-state index >= 15 is 0 Å². The predicted octanol–water partition coefficient (Wildman–Crippen LogP) is 4.13. The zero-order valence-electron chi connectivity index (χ0n) is 17.3. The van der Waals surface area contributed by atoms with E-state index in [2.05, 4.69) is 31.8 Å². The number of carbonyl (C=O) groups excluding carboxylic acids is 2. The summed E-state index contributed by atoms with van der Waals surface area (Å²) < 4.78 is 6.51. The first-order chi connectivity index (χ1) is 14.2. The maximum atomic E-state index is 11.9. The average Bonchev–Trinajstić information content (AvgIpc) is 2.67. The first-order valence-corrected chi connectivity index (χ1v) is 11.3. The molecule has 0 aliphatic carbocycles. The van der Waals surface area contributed by atoms with Gasteiger partial charge in [0.2, 0.25) is 5.91 Å². The quantitative estimate of drug-likeness (QED) is 0.408. The van der Waals surface area contributed by atoms with Gasteiger partial charge in [-0.15, -0.1) is 11.8 Å². The first-order valence-electron chi connectivity index (χ1n) is 9.40. The molecule has 0 atom stereocenters. The number of thioether (sulfide) groups is 1. The van der Waals surface area contributed by atoms with Gasteiger partial charge in [-0.05, 0) is 62.2 Å². The van der Waals surface area contributed by atoms with Crippen molar-refractivity contribution < 1.29 is 14.3 Å². The Morgan fingerprint density at radius 3 is 2.47 bits per heavy atom. The van der Waals surface area contributed by atoms with Gasteiger partial charge in [-0.2, -0.15) is 5.10 Å². The molecule has 2 aromatic rings. The third-order valence-electron chi connectivity index (χ3n) is 3.62. The van der Waals surface area contributed by atoms with Gasteiger partial charge >= 0.3 is 0 Å². The Morgan fingerprint density at radius 2 is 1.80 bits per heavy atom. The molecule has 0 fully saturated rings. The molecule has 0 spiro atoms. The first kappa shape index (κ1) is 24.0. The predicted molar refractivity (Wildman–Crippen MR) is 126 cm³/mol. The van der Waals surface area contributed by atoms with Crippen LogP contribution in [0.15, 0.2) is 58.1 Å². The Balaban J connectivity index is 1.70. The van der Waals surface area contributed by atoms with Crippen molar-refractivity contribution in [1.82, 2.24) is 10.7 Å². The normalized spacial score (nSPS) is 11.3. The molecule has 6 nitrogen and oxygen atoms in total. The van der Waals surface area contributed by atoms with Crippen LogP contribution in [0.1, 0.15) is 31.9 Å². The van der Waals surface area contributed by atoms with E-state index in [1.165, 1.54) is 11.8 Å². The SMILES string of the molecule is CC(C)(C)NC(=O)COc1ccc(/C=N\NC(=O)CSCc2ccccc2Br)cc1. The highest BCUT2D eigenvalue weighted by Crippen LogP contribution is 2.21. The maximum Gasteiger partial charge on any atom is 0.258 e. The summed E-state index contributed by atoms with van der Waals surface area (Å²) in [4.78, 5) is 23.7. The molecule has 0 aromatic heterocycles.